The van der Waals surface area contributed by atoms with Crippen LogP contribution in [0.5, 0.6) is 0 Å². The molecule has 0 heterocycles. The van der Waals surface area contributed by atoms with Crippen LogP contribution in [0.25, 0.3) is 0 Å². The molecule has 1 saturated carbocycles. The minimum absolute atomic E-state index is 0.245. The Morgan fingerprint density at radius 2 is 1.70 bits per heavy atom. The summed E-state index contributed by atoms with van der Waals surface area (Å²) in [5, 5.41) is 0. The quantitative estimate of drug-likeness (QED) is 0.837. The second-order valence-electron chi connectivity index (χ2n) is 7.64. The molecular formula is C19H31N. The van der Waals surface area contributed by atoms with Crippen molar-refractivity contribution in [3.63, 3.8) is 0 Å². The van der Waals surface area contributed by atoms with Crippen LogP contribution in [0, 0.1) is 11.8 Å². The van der Waals surface area contributed by atoms with Crippen LogP contribution in [0.3, 0.4) is 0 Å². The van der Waals surface area contributed by atoms with Gasteiger partial charge in [0.25, 0.3) is 0 Å². The van der Waals surface area contributed by atoms with E-state index in [1.807, 2.05) is 0 Å². The van der Waals surface area contributed by atoms with E-state index in [-0.39, 0.29) is 5.41 Å². The summed E-state index contributed by atoms with van der Waals surface area (Å²) in [6.45, 7) is 9.99. The molecule has 1 aromatic carbocycles. The van der Waals surface area contributed by atoms with Gasteiger partial charge in [-0.25, -0.2) is 0 Å². The Labute approximate surface area is 125 Å². The fourth-order valence-electron chi connectivity index (χ4n) is 3.66. The molecule has 20 heavy (non-hydrogen) atoms. The molecule has 3 atom stereocenters. The number of hydrogen-bond donors (Lipinski definition) is 1. The van der Waals surface area contributed by atoms with E-state index in [1.54, 1.807) is 0 Å². The van der Waals surface area contributed by atoms with Crippen LogP contribution in [0.15, 0.2) is 24.3 Å². The van der Waals surface area contributed by atoms with E-state index in [4.69, 9.17) is 5.73 Å². The predicted octanol–water partition coefficient (Wildman–Crippen LogP) is 4.85. The molecular weight excluding hydrogens is 242 g/mol. The first-order chi connectivity index (χ1) is 9.43. The summed E-state index contributed by atoms with van der Waals surface area (Å²) in [6.07, 6.45) is 5.44. The molecule has 0 bridgehead atoms. The van der Waals surface area contributed by atoms with Gasteiger partial charge in [0.15, 0.2) is 0 Å². The van der Waals surface area contributed by atoms with Crippen molar-refractivity contribution in [1.29, 1.82) is 0 Å². The van der Waals surface area contributed by atoms with Gasteiger partial charge in [0.1, 0.15) is 0 Å². The number of rotatable bonds is 3. The SMILES string of the molecule is CC(CN)C1CCCCC1c1ccc(C(C)(C)C)cc1. The first-order valence-corrected chi connectivity index (χ1v) is 8.24. The summed E-state index contributed by atoms with van der Waals surface area (Å²) in [4.78, 5) is 0. The van der Waals surface area contributed by atoms with Gasteiger partial charge in [-0.1, -0.05) is 64.8 Å². The Hall–Kier alpha value is -0.820. The van der Waals surface area contributed by atoms with Crippen LogP contribution in [0.1, 0.15) is 70.4 Å². The molecule has 3 unspecified atom stereocenters. The molecule has 1 aromatic rings. The van der Waals surface area contributed by atoms with Gasteiger partial charge in [0.05, 0.1) is 0 Å². The number of nitrogens with two attached hydrogens (primary N) is 1. The minimum Gasteiger partial charge on any atom is -0.330 e. The lowest BCUT2D eigenvalue weighted by atomic mass is 9.70. The molecule has 1 heteroatoms. The maximum absolute atomic E-state index is 5.92. The van der Waals surface area contributed by atoms with Gasteiger partial charge in [-0.05, 0) is 53.7 Å². The average Bonchev–Trinajstić information content (AvgIpc) is 2.45. The van der Waals surface area contributed by atoms with Gasteiger partial charge >= 0.3 is 0 Å². The summed E-state index contributed by atoms with van der Waals surface area (Å²) < 4.78 is 0. The van der Waals surface area contributed by atoms with Crippen LogP contribution in [0.4, 0.5) is 0 Å². The lowest BCUT2D eigenvalue weighted by Gasteiger charge is -2.36. The van der Waals surface area contributed by atoms with E-state index in [1.165, 1.54) is 36.8 Å². The normalized spacial score (nSPS) is 25.4. The highest BCUT2D eigenvalue weighted by Crippen LogP contribution is 2.41. The van der Waals surface area contributed by atoms with Gasteiger partial charge in [-0.2, -0.15) is 0 Å². The van der Waals surface area contributed by atoms with E-state index in [0.717, 1.165) is 18.4 Å². The van der Waals surface area contributed by atoms with Crippen LogP contribution in [-0.4, -0.2) is 6.54 Å². The third-order valence-corrected chi connectivity index (χ3v) is 5.13. The largest absolute Gasteiger partial charge is 0.330 e. The Morgan fingerprint density at radius 3 is 2.25 bits per heavy atom. The van der Waals surface area contributed by atoms with Crippen molar-refractivity contribution in [2.75, 3.05) is 6.54 Å². The van der Waals surface area contributed by atoms with Crippen LogP contribution < -0.4 is 5.73 Å². The summed E-state index contributed by atoms with van der Waals surface area (Å²) in [5.74, 6) is 2.13. The standard InChI is InChI=1S/C19H31N/c1-14(13-20)17-7-5-6-8-18(17)15-9-11-16(12-10-15)19(2,3)4/h9-12,14,17-18H,5-8,13,20H2,1-4H3. The van der Waals surface area contributed by atoms with Crippen molar-refractivity contribution in [1.82, 2.24) is 0 Å². The van der Waals surface area contributed by atoms with Crippen molar-refractivity contribution < 1.29 is 0 Å². The predicted molar refractivity (Wildman–Crippen MR) is 88.1 cm³/mol. The van der Waals surface area contributed by atoms with Crippen LogP contribution in [0.2, 0.25) is 0 Å². The van der Waals surface area contributed by atoms with Crippen molar-refractivity contribution in [3.05, 3.63) is 35.4 Å². The molecule has 0 radical (unpaired) electrons. The fourth-order valence-corrected chi connectivity index (χ4v) is 3.66. The second-order valence-corrected chi connectivity index (χ2v) is 7.64. The maximum Gasteiger partial charge on any atom is -0.00486 e. The molecule has 2 N–H and O–H groups in total. The van der Waals surface area contributed by atoms with E-state index in [0.29, 0.717) is 5.92 Å². The van der Waals surface area contributed by atoms with E-state index >= 15 is 0 Å². The van der Waals surface area contributed by atoms with Crippen molar-refractivity contribution in [2.24, 2.45) is 17.6 Å². The van der Waals surface area contributed by atoms with Gasteiger partial charge in [0.2, 0.25) is 0 Å². The minimum atomic E-state index is 0.245. The first-order valence-electron chi connectivity index (χ1n) is 8.24. The van der Waals surface area contributed by atoms with Crippen molar-refractivity contribution in [3.8, 4) is 0 Å². The fraction of sp³-hybridized carbons (Fsp3) is 0.684. The zero-order chi connectivity index (χ0) is 14.8. The van der Waals surface area contributed by atoms with E-state index in [2.05, 4.69) is 52.0 Å². The lowest BCUT2D eigenvalue weighted by molar-refractivity contribution is 0.229. The first kappa shape index (κ1) is 15.6. The highest BCUT2D eigenvalue weighted by Gasteiger charge is 2.30. The van der Waals surface area contributed by atoms with E-state index in [9.17, 15) is 0 Å². The van der Waals surface area contributed by atoms with Crippen LogP contribution >= 0.6 is 0 Å². The summed E-state index contributed by atoms with van der Waals surface area (Å²) in [5.41, 5.74) is 9.13. The van der Waals surface area contributed by atoms with Gasteiger partial charge in [-0.3, -0.25) is 0 Å². The summed E-state index contributed by atoms with van der Waals surface area (Å²) in [7, 11) is 0. The maximum atomic E-state index is 5.92. The Morgan fingerprint density at radius 1 is 1.10 bits per heavy atom. The molecule has 0 saturated heterocycles. The monoisotopic (exact) mass is 273 g/mol. The molecule has 1 aliphatic rings. The molecule has 0 aliphatic heterocycles. The second kappa shape index (κ2) is 6.30. The molecule has 0 amide bonds. The molecule has 0 aromatic heterocycles. The Balaban J connectivity index is 2.20. The molecule has 1 fully saturated rings. The highest BCUT2D eigenvalue weighted by molar-refractivity contribution is 5.30. The Kier molecular flexibility index (Phi) is 4.90. The number of benzene rings is 1. The van der Waals surface area contributed by atoms with Gasteiger partial charge in [-0.15, -0.1) is 0 Å². The molecule has 112 valence electrons. The van der Waals surface area contributed by atoms with Crippen molar-refractivity contribution >= 4 is 0 Å². The molecule has 1 nitrogen and oxygen atoms in total. The molecule has 0 spiro atoms. The molecule has 2 rings (SSSR count). The summed E-state index contributed by atoms with van der Waals surface area (Å²) >= 11 is 0. The average molecular weight is 273 g/mol. The highest BCUT2D eigenvalue weighted by atomic mass is 14.6. The smallest absolute Gasteiger partial charge is 0.00486 e. The van der Waals surface area contributed by atoms with Crippen LogP contribution in [-0.2, 0) is 5.41 Å². The van der Waals surface area contributed by atoms with E-state index < -0.39 is 0 Å². The third-order valence-electron chi connectivity index (χ3n) is 5.13. The van der Waals surface area contributed by atoms with Gasteiger partial charge < -0.3 is 5.73 Å². The summed E-state index contributed by atoms with van der Waals surface area (Å²) in [6, 6.07) is 9.39. The lowest BCUT2D eigenvalue weighted by Crippen LogP contribution is -2.28. The zero-order valence-corrected chi connectivity index (χ0v) is 13.7. The third kappa shape index (κ3) is 3.44. The van der Waals surface area contributed by atoms with Crippen molar-refractivity contribution in [2.45, 2.75) is 64.7 Å². The topological polar surface area (TPSA) is 26.0 Å². The molecule has 1 aliphatic carbocycles. The number of hydrogen-bond acceptors (Lipinski definition) is 1. The van der Waals surface area contributed by atoms with Gasteiger partial charge in [0, 0.05) is 0 Å². The Bertz CT molecular complexity index is 412. The zero-order valence-electron chi connectivity index (χ0n) is 13.7.